The van der Waals surface area contributed by atoms with Gasteiger partial charge in [-0.3, -0.25) is 4.79 Å². The number of carbonyl (C=O) groups excluding carboxylic acids is 1. The molecule has 2 N–H and O–H groups in total. The smallest absolute Gasteiger partial charge is 0.222 e. The van der Waals surface area contributed by atoms with E-state index in [1.54, 1.807) is 0 Å². The minimum atomic E-state index is -0.171. The van der Waals surface area contributed by atoms with Crippen LogP contribution < -0.4 is 5.73 Å². The van der Waals surface area contributed by atoms with Crippen LogP contribution in [0, 0.1) is 5.41 Å². The van der Waals surface area contributed by atoms with Crippen molar-refractivity contribution in [2.75, 3.05) is 6.54 Å². The van der Waals surface area contributed by atoms with Crippen LogP contribution in [-0.4, -0.2) is 27.9 Å². The van der Waals surface area contributed by atoms with E-state index >= 15 is 0 Å². The van der Waals surface area contributed by atoms with Gasteiger partial charge in [0.05, 0.1) is 4.99 Å². The SMILES string of the molecule is CCC(=O)N(CCC(N)=S)C(C)(C)CC(C)(C)C. The summed E-state index contributed by atoms with van der Waals surface area (Å²) in [7, 11) is 0. The summed E-state index contributed by atoms with van der Waals surface area (Å²) in [5.74, 6) is 0.167. The third-order valence-corrected chi connectivity index (χ3v) is 3.08. The van der Waals surface area contributed by atoms with Crippen molar-refractivity contribution in [1.82, 2.24) is 4.90 Å². The Morgan fingerprint density at radius 1 is 1.22 bits per heavy atom. The van der Waals surface area contributed by atoms with Crippen molar-refractivity contribution < 1.29 is 4.79 Å². The highest BCUT2D eigenvalue weighted by Crippen LogP contribution is 2.31. The summed E-state index contributed by atoms with van der Waals surface area (Å²) >= 11 is 4.91. The second-order valence-corrected chi connectivity index (χ2v) is 7.19. The molecule has 0 aromatic rings. The van der Waals surface area contributed by atoms with Gasteiger partial charge in [0.25, 0.3) is 0 Å². The average Bonchev–Trinajstić information content (AvgIpc) is 2.12. The van der Waals surface area contributed by atoms with Crippen molar-refractivity contribution in [3.8, 4) is 0 Å². The van der Waals surface area contributed by atoms with Gasteiger partial charge >= 0.3 is 0 Å². The van der Waals surface area contributed by atoms with E-state index in [1.165, 1.54) is 0 Å². The normalized spacial score (nSPS) is 12.3. The molecule has 18 heavy (non-hydrogen) atoms. The van der Waals surface area contributed by atoms with Crippen LogP contribution in [-0.2, 0) is 4.79 Å². The fourth-order valence-electron chi connectivity index (χ4n) is 2.57. The van der Waals surface area contributed by atoms with Gasteiger partial charge in [-0.15, -0.1) is 0 Å². The summed E-state index contributed by atoms with van der Waals surface area (Å²) < 4.78 is 0. The van der Waals surface area contributed by atoms with Crippen LogP contribution in [0.15, 0.2) is 0 Å². The zero-order chi connectivity index (χ0) is 14.6. The molecular formula is C14H28N2OS. The molecule has 0 saturated carbocycles. The third-order valence-electron chi connectivity index (χ3n) is 2.88. The van der Waals surface area contributed by atoms with Crippen LogP contribution in [0.3, 0.4) is 0 Å². The molecule has 0 aliphatic carbocycles. The van der Waals surface area contributed by atoms with Crippen LogP contribution in [0.1, 0.15) is 60.8 Å². The van der Waals surface area contributed by atoms with Crippen LogP contribution >= 0.6 is 12.2 Å². The highest BCUT2D eigenvalue weighted by molar-refractivity contribution is 7.80. The summed E-state index contributed by atoms with van der Waals surface area (Å²) in [5, 5.41) is 0. The number of nitrogens with zero attached hydrogens (tertiary/aromatic N) is 1. The maximum absolute atomic E-state index is 12.1. The Labute approximate surface area is 117 Å². The summed E-state index contributed by atoms with van der Waals surface area (Å²) in [6, 6.07) is 0. The standard InChI is InChI=1S/C14H28N2OS/c1-7-12(17)16(9-8-11(15)18)14(5,6)10-13(2,3)4/h7-10H2,1-6H3,(H2,15,18). The summed E-state index contributed by atoms with van der Waals surface area (Å²) in [4.78, 5) is 14.5. The zero-order valence-electron chi connectivity index (χ0n) is 12.7. The molecule has 1 amide bonds. The molecule has 0 aromatic heterocycles. The first-order chi connectivity index (χ1) is 7.99. The van der Waals surface area contributed by atoms with E-state index in [9.17, 15) is 4.79 Å². The molecule has 4 heteroatoms. The van der Waals surface area contributed by atoms with E-state index in [2.05, 4.69) is 34.6 Å². The second kappa shape index (κ2) is 6.50. The van der Waals surface area contributed by atoms with Gasteiger partial charge in [-0.1, -0.05) is 39.9 Å². The molecule has 0 aliphatic rings. The number of thiocarbonyl (C=S) groups is 1. The summed E-state index contributed by atoms with van der Waals surface area (Å²) in [6.07, 6.45) is 2.06. The number of carbonyl (C=O) groups is 1. The molecule has 0 heterocycles. The average molecular weight is 272 g/mol. The maximum Gasteiger partial charge on any atom is 0.222 e. The number of hydrogen-bond donors (Lipinski definition) is 1. The first-order valence-corrected chi connectivity index (χ1v) is 6.99. The van der Waals surface area contributed by atoms with E-state index in [0.29, 0.717) is 24.4 Å². The van der Waals surface area contributed by atoms with Crippen molar-refractivity contribution in [2.45, 2.75) is 66.3 Å². The van der Waals surface area contributed by atoms with Gasteiger partial charge < -0.3 is 10.6 Å². The first-order valence-electron chi connectivity index (χ1n) is 6.58. The van der Waals surface area contributed by atoms with Gasteiger partial charge in [0.2, 0.25) is 5.91 Å². The van der Waals surface area contributed by atoms with E-state index in [-0.39, 0.29) is 16.9 Å². The van der Waals surface area contributed by atoms with Gasteiger partial charge in [-0.2, -0.15) is 0 Å². The van der Waals surface area contributed by atoms with Gasteiger partial charge in [-0.25, -0.2) is 0 Å². The Bertz CT molecular complexity index is 305. The molecule has 106 valence electrons. The number of nitrogens with two attached hydrogens (primary N) is 1. The fourth-order valence-corrected chi connectivity index (χ4v) is 2.66. The van der Waals surface area contributed by atoms with E-state index < -0.39 is 0 Å². The van der Waals surface area contributed by atoms with Crippen LogP contribution in [0.25, 0.3) is 0 Å². The highest BCUT2D eigenvalue weighted by Gasteiger charge is 2.33. The molecular weight excluding hydrogens is 244 g/mol. The maximum atomic E-state index is 12.1. The molecule has 0 unspecified atom stereocenters. The molecule has 0 aromatic carbocycles. The van der Waals surface area contributed by atoms with Crippen molar-refractivity contribution in [3.63, 3.8) is 0 Å². The monoisotopic (exact) mass is 272 g/mol. The number of rotatable bonds is 6. The molecule has 0 saturated heterocycles. The Morgan fingerprint density at radius 2 is 1.72 bits per heavy atom. The lowest BCUT2D eigenvalue weighted by Crippen LogP contribution is -2.50. The number of amides is 1. The third kappa shape index (κ3) is 6.34. The summed E-state index contributed by atoms with van der Waals surface area (Å²) in [5.41, 5.74) is 5.56. The van der Waals surface area contributed by atoms with E-state index in [4.69, 9.17) is 18.0 Å². The molecule has 0 spiro atoms. The highest BCUT2D eigenvalue weighted by atomic mass is 32.1. The zero-order valence-corrected chi connectivity index (χ0v) is 13.5. The Hall–Kier alpha value is -0.640. The Kier molecular flexibility index (Phi) is 6.27. The predicted molar refractivity (Wildman–Crippen MR) is 81.6 cm³/mol. The first kappa shape index (κ1) is 17.4. The second-order valence-electron chi connectivity index (χ2n) is 6.67. The van der Waals surface area contributed by atoms with Crippen LogP contribution in [0.2, 0.25) is 0 Å². The minimum absolute atomic E-state index is 0.167. The van der Waals surface area contributed by atoms with E-state index in [1.807, 2.05) is 11.8 Å². The molecule has 0 bridgehead atoms. The Morgan fingerprint density at radius 3 is 2.06 bits per heavy atom. The van der Waals surface area contributed by atoms with Crippen molar-refractivity contribution in [3.05, 3.63) is 0 Å². The van der Waals surface area contributed by atoms with Crippen LogP contribution in [0.5, 0.6) is 0 Å². The number of hydrogen-bond acceptors (Lipinski definition) is 2. The molecule has 0 fully saturated rings. The molecule has 0 atom stereocenters. The van der Waals surface area contributed by atoms with Gasteiger partial charge in [0.1, 0.15) is 0 Å². The van der Waals surface area contributed by atoms with Crippen molar-refractivity contribution in [1.29, 1.82) is 0 Å². The van der Waals surface area contributed by atoms with E-state index in [0.717, 1.165) is 6.42 Å². The lowest BCUT2D eigenvalue weighted by atomic mass is 9.80. The van der Waals surface area contributed by atoms with Crippen molar-refractivity contribution in [2.24, 2.45) is 11.1 Å². The fraction of sp³-hybridized carbons (Fsp3) is 0.857. The minimum Gasteiger partial charge on any atom is -0.393 e. The lowest BCUT2D eigenvalue weighted by molar-refractivity contribution is -0.137. The topological polar surface area (TPSA) is 46.3 Å². The largest absolute Gasteiger partial charge is 0.393 e. The van der Waals surface area contributed by atoms with Gasteiger partial charge in [-0.05, 0) is 25.7 Å². The molecule has 0 rings (SSSR count). The predicted octanol–water partition coefficient (Wildman–Crippen LogP) is 3.12. The summed E-state index contributed by atoms with van der Waals surface area (Å²) in [6.45, 7) is 13.3. The van der Waals surface area contributed by atoms with Crippen LogP contribution in [0.4, 0.5) is 0 Å². The van der Waals surface area contributed by atoms with Crippen molar-refractivity contribution >= 4 is 23.1 Å². The quantitative estimate of drug-likeness (QED) is 0.756. The van der Waals surface area contributed by atoms with Gasteiger partial charge in [0.15, 0.2) is 0 Å². The molecule has 0 aliphatic heterocycles. The molecule has 3 nitrogen and oxygen atoms in total. The lowest BCUT2D eigenvalue weighted by Gasteiger charge is -2.42. The Balaban J connectivity index is 4.92. The molecule has 0 radical (unpaired) electrons. The van der Waals surface area contributed by atoms with Gasteiger partial charge in [0, 0.05) is 24.9 Å².